The molecule has 10 heteroatoms. The van der Waals surface area contributed by atoms with Crippen LogP contribution in [0.3, 0.4) is 0 Å². The molecule has 7 nitrogen and oxygen atoms in total. The van der Waals surface area contributed by atoms with Gasteiger partial charge in [-0.05, 0) is 47.9 Å². The van der Waals surface area contributed by atoms with E-state index in [1.54, 1.807) is 66.7 Å². The Hall–Kier alpha value is -3.85. The molecule has 1 N–H and O–H groups in total. The molecular formula is C34H35Cl2N3O4S. The van der Waals surface area contributed by atoms with E-state index in [0.717, 1.165) is 22.7 Å². The molecule has 0 fully saturated rings. The molecule has 0 saturated carbocycles. The highest BCUT2D eigenvalue weighted by molar-refractivity contribution is 7.92. The van der Waals surface area contributed by atoms with E-state index in [9.17, 15) is 18.0 Å². The molecule has 0 aliphatic carbocycles. The molecule has 4 rings (SSSR count). The topological polar surface area (TPSA) is 86.8 Å². The highest BCUT2D eigenvalue weighted by Crippen LogP contribution is 2.31. The van der Waals surface area contributed by atoms with Crippen LogP contribution < -0.4 is 9.62 Å². The van der Waals surface area contributed by atoms with Crippen molar-refractivity contribution in [3.8, 4) is 0 Å². The Bertz CT molecular complexity index is 1650. The van der Waals surface area contributed by atoms with E-state index in [4.69, 9.17) is 23.2 Å². The Morgan fingerprint density at radius 2 is 1.39 bits per heavy atom. The van der Waals surface area contributed by atoms with Crippen LogP contribution in [0, 0.1) is 0 Å². The van der Waals surface area contributed by atoms with Gasteiger partial charge in [0, 0.05) is 24.5 Å². The lowest BCUT2D eigenvalue weighted by atomic mass is 10.0. The average molecular weight is 653 g/mol. The smallest absolute Gasteiger partial charge is 0.264 e. The summed E-state index contributed by atoms with van der Waals surface area (Å²) in [5, 5.41) is 3.56. The fourth-order valence-electron chi connectivity index (χ4n) is 4.76. The molecule has 1 unspecified atom stereocenters. The van der Waals surface area contributed by atoms with Gasteiger partial charge in [-0.25, -0.2) is 8.42 Å². The first-order valence-electron chi connectivity index (χ1n) is 14.4. The second-order valence-electron chi connectivity index (χ2n) is 10.2. The standard InChI is InChI=1S/C34H35Cl2N3O4S/c1-2-3-22-37-34(41)32(23-26-14-6-4-7-15-26)38(24-27-16-10-11-19-29(27)35)33(40)25-39(31-21-13-12-20-30(31)36)44(42,43)28-17-8-5-9-18-28/h4-21,32H,2-3,22-25H2,1H3,(H,37,41). The number of hydrogen-bond acceptors (Lipinski definition) is 4. The van der Waals surface area contributed by atoms with Gasteiger partial charge in [0.25, 0.3) is 10.0 Å². The van der Waals surface area contributed by atoms with Crippen LogP contribution >= 0.6 is 23.2 Å². The summed E-state index contributed by atoms with van der Waals surface area (Å²) in [7, 11) is -4.23. The molecule has 0 heterocycles. The van der Waals surface area contributed by atoms with E-state index in [-0.39, 0.29) is 34.5 Å². The van der Waals surface area contributed by atoms with Crippen LogP contribution in [-0.4, -0.2) is 44.3 Å². The Labute approximate surface area is 269 Å². The van der Waals surface area contributed by atoms with Crippen molar-refractivity contribution in [3.63, 3.8) is 0 Å². The molecule has 230 valence electrons. The third kappa shape index (κ3) is 8.40. The van der Waals surface area contributed by atoms with Crippen molar-refractivity contribution in [1.82, 2.24) is 10.2 Å². The Morgan fingerprint density at radius 1 is 0.795 bits per heavy atom. The maximum absolute atomic E-state index is 14.5. The maximum Gasteiger partial charge on any atom is 0.264 e. The molecular weight excluding hydrogens is 617 g/mol. The third-order valence-electron chi connectivity index (χ3n) is 7.13. The monoisotopic (exact) mass is 651 g/mol. The van der Waals surface area contributed by atoms with E-state index in [1.807, 2.05) is 37.3 Å². The molecule has 44 heavy (non-hydrogen) atoms. The van der Waals surface area contributed by atoms with E-state index < -0.39 is 28.5 Å². The van der Waals surface area contributed by atoms with E-state index >= 15 is 0 Å². The van der Waals surface area contributed by atoms with Gasteiger partial charge in [0.1, 0.15) is 12.6 Å². The van der Waals surface area contributed by atoms with Crippen molar-refractivity contribution in [2.45, 2.75) is 43.7 Å². The minimum atomic E-state index is -4.23. The number of nitrogens with one attached hydrogen (secondary N) is 1. The lowest BCUT2D eigenvalue weighted by molar-refractivity contribution is -0.140. The predicted molar refractivity (Wildman–Crippen MR) is 176 cm³/mol. The Balaban J connectivity index is 1.80. The van der Waals surface area contributed by atoms with Crippen LogP contribution in [0.4, 0.5) is 5.69 Å². The largest absolute Gasteiger partial charge is 0.354 e. The minimum absolute atomic E-state index is 0.00326. The lowest BCUT2D eigenvalue weighted by Gasteiger charge is -2.34. The zero-order valence-corrected chi connectivity index (χ0v) is 26.7. The highest BCUT2D eigenvalue weighted by Gasteiger charge is 2.35. The molecule has 0 aromatic heterocycles. The van der Waals surface area contributed by atoms with Crippen LogP contribution in [0.5, 0.6) is 0 Å². The summed E-state index contributed by atoms with van der Waals surface area (Å²) >= 11 is 13.0. The van der Waals surface area contributed by atoms with Crippen LogP contribution in [0.25, 0.3) is 0 Å². The number of nitrogens with zero attached hydrogens (tertiary/aromatic N) is 2. The summed E-state index contributed by atoms with van der Waals surface area (Å²) in [5.41, 5.74) is 1.62. The fourth-order valence-corrected chi connectivity index (χ4v) is 6.69. The first-order valence-corrected chi connectivity index (χ1v) is 16.6. The van der Waals surface area contributed by atoms with Gasteiger partial charge in [-0.1, -0.05) is 115 Å². The van der Waals surface area contributed by atoms with Crippen molar-refractivity contribution in [2.75, 3.05) is 17.4 Å². The van der Waals surface area contributed by atoms with Gasteiger partial charge in [0.2, 0.25) is 11.8 Å². The molecule has 4 aromatic carbocycles. The summed E-state index contributed by atoms with van der Waals surface area (Å²) < 4.78 is 29.0. The summed E-state index contributed by atoms with van der Waals surface area (Å²) in [6.07, 6.45) is 1.88. The number of hydrogen-bond donors (Lipinski definition) is 1. The summed E-state index contributed by atoms with van der Waals surface area (Å²) in [5.74, 6) is -0.922. The number of anilines is 1. The van der Waals surface area contributed by atoms with Gasteiger partial charge >= 0.3 is 0 Å². The van der Waals surface area contributed by atoms with Crippen LogP contribution in [-0.2, 0) is 32.6 Å². The molecule has 1 atom stereocenters. The second-order valence-corrected chi connectivity index (χ2v) is 12.9. The molecule has 0 radical (unpaired) electrons. The predicted octanol–water partition coefficient (Wildman–Crippen LogP) is 6.75. The third-order valence-corrected chi connectivity index (χ3v) is 9.59. The van der Waals surface area contributed by atoms with E-state index in [2.05, 4.69) is 5.32 Å². The average Bonchev–Trinajstić information content (AvgIpc) is 3.03. The number of sulfonamides is 1. The van der Waals surface area contributed by atoms with Gasteiger partial charge < -0.3 is 10.2 Å². The van der Waals surface area contributed by atoms with Crippen molar-refractivity contribution >= 4 is 50.7 Å². The Kier molecular flexibility index (Phi) is 11.8. The second kappa shape index (κ2) is 15.7. The summed E-state index contributed by atoms with van der Waals surface area (Å²) in [6, 6.07) is 29.8. The quantitative estimate of drug-likeness (QED) is 0.153. The molecule has 0 bridgehead atoms. The molecule has 4 aromatic rings. The van der Waals surface area contributed by atoms with Gasteiger partial charge in [0.15, 0.2) is 0 Å². The van der Waals surface area contributed by atoms with Gasteiger partial charge in [-0.2, -0.15) is 0 Å². The first kappa shape index (κ1) is 33.1. The number of carbonyl (C=O) groups excluding carboxylic acids is 2. The molecule has 2 amide bonds. The molecule has 0 aliphatic rings. The molecule has 0 saturated heterocycles. The van der Waals surface area contributed by atoms with Crippen molar-refractivity contribution < 1.29 is 18.0 Å². The van der Waals surface area contributed by atoms with Crippen molar-refractivity contribution in [3.05, 3.63) is 130 Å². The number of benzene rings is 4. The zero-order chi connectivity index (χ0) is 31.5. The SMILES string of the molecule is CCCCNC(=O)C(Cc1ccccc1)N(Cc1ccccc1Cl)C(=O)CN(c1ccccc1Cl)S(=O)(=O)c1ccccc1. The number of unbranched alkanes of at least 4 members (excludes halogenated alkanes) is 1. The van der Waals surface area contributed by atoms with Gasteiger partial charge in [-0.15, -0.1) is 0 Å². The normalized spacial score (nSPS) is 11.9. The van der Waals surface area contributed by atoms with Gasteiger partial charge in [0.05, 0.1) is 15.6 Å². The van der Waals surface area contributed by atoms with Gasteiger partial charge in [-0.3, -0.25) is 13.9 Å². The minimum Gasteiger partial charge on any atom is -0.354 e. The highest BCUT2D eigenvalue weighted by atomic mass is 35.5. The summed E-state index contributed by atoms with van der Waals surface area (Å²) in [4.78, 5) is 29.7. The lowest BCUT2D eigenvalue weighted by Crippen LogP contribution is -2.53. The number of amides is 2. The maximum atomic E-state index is 14.5. The van der Waals surface area contributed by atoms with E-state index in [0.29, 0.717) is 17.1 Å². The van der Waals surface area contributed by atoms with E-state index in [1.165, 1.54) is 17.0 Å². The Morgan fingerprint density at radius 3 is 2.02 bits per heavy atom. The number of halogens is 2. The zero-order valence-electron chi connectivity index (χ0n) is 24.4. The van der Waals surface area contributed by atoms with Crippen molar-refractivity contribution in [2.24, 2.45) is 0 Å². The van der Waals surface area contributed by atoms with Crippen LogP contribution in [0.15, 0.2) is 114 Å². The number of rotatable bonds is 14. The van der Waals surface area contributed by atoms with Crippen molar-refractivity contribution in [1.29, 1.82) is 0 Å². The fraction of sp³-hybridized carbons (Fsp3) is 0.235. The van der Waals surface area contributed by atoms with Crippen LogP contribution in [0.2, 0.25) is 10.0 Å². The molecule has 0 spiro atoms. The number of carbonyl (C=O) groups is 2. The number of para-hydroxylation sites is 1. The van der Waals surface area contributed by atoms with Crippen LogP contribution in [0.1, 0.15) is 30.9 Å². The molecule has 0 aliphatic heterocycles. The summed E-state index contributed by atoms with van der Waals surface area (Å²) in [6.45, 7) is 1.86. The first-order chi connectivity index (χ1) is 21.2.